The van der Waals surface area contributed by atoms with Crippen molar-refractivity contribution in [2.75, 3.05) is 32.8 Å². The van der Waals surface area contributed by atoms with Crippen molar-refractivity contribution in [3.05, 3.63) is 0 Å². The largest absolute Gasteiger partial charge is 0.450 e. The smallest absolute Gasteiger partial charge is 0.407 e. The molecular weight excluding hydrogens is 206 g/mol. The molecule has 0 radical (unpaired) electrons. The molecule has 0 aromatic heterocycles. The summed E-state index contributed by atoms with van der Waals surface area (Å²) in [4.78, 5) is 11.0. The quantitative estimate of drug-likeness (QED) is 0.487. The number of ether oxygens (including phenoxy) is 1. The van der Waals surface area contributed by atoms with Gasteiger partial charge in [-0.05, 0) is 45.3 Å². The molecule has 16 heavy (non-hydrogen) atoms. The van der Waals surface area contributed by atoms with Crippen LogP contribution in [0.25, 0.3) is 0 Å². The van der Waals surface area contributed by atoms with Gasteiger partial charge >= 0.3 is 6.09 Å². The minimum atomic E-state index is -0.307. The van der Waals surface area contributed by atoms with E-state index in [1.165, 1.54) is 0 Å². The van der Waals surface area contributed by atoms with Gasteiger partial charge in [-0.3, -0.25) is 0 Å². The maximum atomic E-state index is 11.0. The van der Waals surface area contributed by atoms with Crippen molar-refractivity contribution in [3.8, 4) is 0 Å². The summed E-state index contributed by atoms with van der Waals surface area (Å²) in [5, 5.41) is 6.00. The lowest BCUT2D eigenvalue weighted by Gasteiger charge is -2.06. The number of hydrogen-bond acceptors (Lipinski definition) is 4. The molecule has 0 saturated carbocycles. The highest BCUT2D eigenvalue weighted by Crippen LogP contribution is 1.87. The maximum absolute atomic E-state index is 11.0. The zero-order valence-corrected chi connectivity index (χ0v) is 10.3. The lowest BCUT2D eigenvalue weighted by Crippen LogP contribution is -2.26. The summed E-state index contributed by atoms with van der Waals surface area (Å²) in [6, 6.07) is 0. The highest BCUT2D eigenvalue weighted by atomic mass is 16.5. The minimum Gasteiger partial charge on any atom is -0.450 e. The average Bonchev–Trinajstić information content (AvgIpc) is 2.30. The van der Waals surface area contributed by atoms with Crippen molar-refractivity contribution in [1.29, 1.82) is 0 Å². The van der Waals surface area contributed by atoms with Crippen molar-refractivity contribution in [2.24, 2.45) is 5.73 Å². The molecule has 0 aliphatic heterocycles. The van der Waals surface area contributed by atoms with Crippen LogP contribution < -0.4 is 16.4 Å². The summed E-state index contributed by atoms with van der Waals surface area (Å²) in [6.07, 6.45) is 3.59. The SMILES string of the molecule is CCCOC(=O)NCCCCNCCCN. The van der Waals surface area contributed by atoms with E-state index in [4.69, 9.17) is 10.5 Å². The lowest BCUT2D eigenvalue weighted by atomic mass is 10.3. The number of hydrogen-bond donors (Lipinski definition) is 3. The molecule has 0 atom stereocenters. The maximum Gasteiger partial charge on any atom is 0.407 e. The van der Waals surface area contributed by atoms with E-state index >= 15 is 0 Å². The summed E-state index contributed by atoms with van der Waals surface area (Å²) in [6.45, 7) is 5.83. The van der Waals surface area contributed by atoms with Gasteiger partial charge in [-0.2, -0.15) is 0 Å². The number of carbonyl (C=O) groups excluding carboxylic acids is 1. The van der Waals surface area contributed by atoms with E-state index < -0.39 is 0 Å². The van der Waals surface area contributed by atoms with Gasteiger partial charge in [0.05, 0.1) is 6.61 Å². The van der Waals surface area contributed by atoms with Gasteiger partial charge < -0.3 is 21.1 Å². The number of nitrogens with one attached hydrogen (secondary N) is 2. The Labute approximate surface area is 98.1 Å². The topological polar surface area (TPSA) is 76.4 Å². The Hall–Kier alpha value is -0.810. The van der Waals surface area contributed by atoms with E-state index in [0.717, 1.165) is 45.3 Å². The molecule has 5 nitrogen and oxygen atoms in total. The van der Waals surface area contributed by atoms with Crippen LogP contribution in [-0.2, 0) is 4.74 Å². The molecule has 0 aromatic rings. The second-order valence-corrected chi connectivity index (χ2v) is 3.66. The van der Waals surface area contributed by atoms with Crippen LogP contribution in [0.5, 0.6) is 0 Å². The fraction of sp³-hybridized carbons (Fsp3) is 0.909. The summed E-state index contributed by atoms with van der Waals surface area (Å²) in [5.41, 5.74) is 5.36. The van der Waals surface area contributed by atoms with Crippen LogP contribution >= 0.6 is 0 Å². The van der Waals surface area contributed by atoms with E-state index in [9.17, 15) is 4.79 Å². The molecule has 0 heterocycles. The standard InChI is InChI=1S/C11H25N3O2/c1-2-10-16-11(15)14-9-4-3-7-13-8-5-6-12/h13H,2-10,12H2,1H3,(H,14,15). The van der Waals surface area contributed by atoms with E-state index in [1.807, 2.05) is 6.92 Å². The predicted molar refractivity (Wildman–Crippen MR) is 65.4 cm³/mol. The Balaban J connectivity index is 3.05. The van der Waals surface area contributed by atoms with Crippen molar-refractivity contribution in [1.82, 2.24) is 10.6 Å². The molecule has 1 amide bonds. The molecule has 5 heteroatoms. The number of amides is 1. The van der Waals surface area contributed by atoms with E-state index in [0.29, 0.717) is 13.2 Å². The van der Waals surface area contributed by atoms with Gasteiger partial charge in [-0.25, -0.2) is 4.79 Å². The molecule has 0 fully saturated rings. The summed E-state index contributed by atoms with van der Waals surface area (Å²) in [7, 11) is 0. The first-order valence-corrected chi connectivity index (χ1v) is 6.12. The Kier molecular flexibility index (Phi) is 11.6. The Morgan fingerprint density at radius 2 is 1.88 bits per heavy atom. The van der Waals surface area contributed by atoms with E-state index in [-0.39, 0.29) is 6.09 Å². The fourth-order valence-corrected chi connectivity index (χ4v) is 1.16. The first kappa shape index (κ1) is 15.2. The van der Waals surface area contributed by atoms with Crippen LogP contribution in [0.2, 0.25) is 0 Å². The fourth-order valence-electron chi connectivity index (χ4n) is 1.16. The zero-order valence-electron chi connectivity index (χ0n) is 10.3. The van der Waals surface area contributed by atoms with Gasteiger partial charge in [0.2, 0.25) is 0 Å². The van der Waals surface area contributed by atoms with Gasteiger partial charge in [-0.15, -0.1) is 0 Å². The third-order valence-corrected chi connectivity index (χ3v) is 2.04. The Bertz CT molecular complexity index is 165. The molecule has 0 aliphatic rings. The normalized spacial score (nSPS) is 10.1. The zero-order chi connectivity index (χ0) is 12.1. The molecule has 0 rings (SSSR count). The van der Waals surface area contributed by atoms with E-state index in [1.54, 1.807) is 0 Å². The highest BCUT2D eigenvalue weighted by molar-refractivity contribution is 5.66. The number of carbonyl (C=O) groups is 1. The highest BCUT2D eigenvalue weighted by Gasteiger charge is 1.98. The molecule has 0 unspecified atom stereocenters. The predicted octanol–water partition coefficient (Wildman–Crippen LogP) is 0.841. The van der Waals surface area contributed by atoms with Gasteiger partial charge in [0.1, 0.15) is 0 Å². The Morgan fingerprint density at radius 1 is 1.19 bits per heavy atom. The van der Waals surface area contributed by atoms with Crippen molar-refractivity contribution in [3.63, 3.8) is 0 Å². The molecule has 0 saturated heterocycles. The van der Waals surface area contributed by atoms with Crippen molar-refractivity contribution >= 4 is 6.09 Å². The van der Waals surface area contributed by atoms with Crippen LogP contribution in [0.3, 0.4) is 0 Å². The molecular formula is C11H25N3O2. The summed E-state index contributed by atoms with van der Waals surface area (Å²) >= 11 is 0. The monoisotopic (exact) mass is 231 g/mol. The molecule has 0 aliphatic carbocycles. The number of alkyl carbamates (subject to hydrolysis) is 1. The van der Waals surface area contributed by atoms with Crippen molar-refractivity contribution < 1.29 is 9.53 Å². The van der Waals surface area contributed by atoms with E-state index in [2.05, 4.69) is 10.6 Å². The summed E-state index contributed by atoms with van der Waals surface area (Å²) < 4.78 is 4.87. The van der Waals surface area contributed by atoms with Gasteiger partial charge in [0, 0.05) is 6.54 Å². The van der Waals surface area contributed by atoms with Crippen molar-refractivity contribution in [2.45, 2.75) is 32.6 Å². The van der Waals surface area contributed by atoms with Crippen LogP contribution in [0.15, 0.2) is 0 Å². The number of rotatable bonds is 10. The van der Waals surface area contributed by atoms with Crippen LogP contribution in [0.1, 0.15) is 32.6 Å². The molecule has 0 bridgehead atoms. The third kappa shape index (κ3) is 11.3. The summed E-state index contributed by atoms with van der Waals surface area (Å²) in [5.74, 6) is 0. The molecule has 0 spiro atoms. The van der Waals surface area contributed by atoms with Gasteiger partial charge in [-0.1, -0.05) is 6.92 Å². The minimum absolute atomic E-state index is 0.307. The van der Waals surface area contributed by atoms with Crippen LogP contribution in [0, 0.1) is 0 Å². The molecule has 0 aromatic carbocycles. The number of unbranched alkanes of at least 4 members (excludes halogenated alkanes) is 1. The first-order valence-electron chi connectivity index (χ1n) is 6.12. The molecule has 4 N–H and O–H groups in total. The first-order chi connectivity index (χ1) is 7.81. The second-order valence-electron chi connectivity index (χ2n) is 3.66. The van der Waals surface area contributed by atoms with Crippen LogP contribution in [-0.4, -0.2) is 38.9 Å². The second kappa shape index (κ2) is 12.3. The lowest BCUT2D eigenvalue weighted by molar-refractivity contribution is 0.146. The van der Waals surface area contributed by atoms with Gasteiger partial charge in [0.15, 0.2) is 0 Å². The molecule has 96 valence electrons. The average molecular weight is 231 g/mol. The Morgan fingerprint density at radius 3 is 2.56 bits per heavy atom. The number of nitrogens with two attached hydrogens (primary N) is 1. The van der Waals surface area contributed by atoms with Crippen LogP contribution in [0.4, 0.5) is 4.79 Å². The third-order valence-electron chi connectivity index (χ3n) is 2.04. The van der Waals surface area contributed by atoms with Gasteiger partial charge in [0.25, 0.3) is 0 Å².